The average Bonchev–Trinajstić information content (AvgIpc) is 3.15. The lowest BCUT2D eigenvalue weighted by Crippen LogP contribution is -2.47. The molecule has 2 fully saturated rings. The van der Waals surface area contributed by atoms with Gasteiger partial charge in [0.15, 0.2) is 0 Å². The molecular weight excluding hydrogens is 384 g/mol. The molecule has 8 heteroatoms. The number of rotatable bonds is 3. The van der Waals surface area contributed by atoms with Crippen LogP contribution in [0.25, 0.3) is 10.6 Å². The van der Waals surface area contributed by atoms with Crippen LogP contribution >= 0.6 is 36.2 Å². The number of fused-ring (bicyclic) bond motifs is 2. The topological polar surface area (TPSA) is 54.0 Å². The van der Waals surface area contributed by atoms with E-state index in [1.807, 2.05) is 0 Å². The maximum Gasteiger partial charge on any atom is 0.263 e. The number of hydrogen-bond acceptors (Lipinski definition) is 4. The molecule has 3 heterocycles. The summed E-state index contributed by atoms with van der Waals surface area (Å²) in [5, 5.41) is 7.22. The molecule has 2 atom stereocenters. The number of nitrogens with zero attached hydrogens (tertiary/aromatic N) is 1. The van der Waals surface area contributed by atoms with Crippen LogP contribution in [0.1, 0.15) is 35.4 Å². The summed E-state index contributed by atoms with van der Waals surface area (Å²) >= 11 is 1.24. The molecule has 1 aromatic carbocycles. The van der Waals surface area contributed by atoms with Gasteiger partial charge in [-0.2, -0.15) is 0 Å². The summed E-state index contributed by atoms with van der Waals surface area (Å²) < 4.78 is 13.8. The standard InChI is InChI=1S/C17H18FN3OS.2ClH/c18-14-4-2-1-3-13(14)17-19-9-15(23-17)16(22)21-12-7-10-5-6-11(8-12)20-10;;/h1-4,9-12,20H,5-8H2,(H,21,22);2*1H. The Balaban J connectivity index is 0.00000113. The fourth-order valence-electron chi connectivity index (χ4n) is 3.57. The van der Waals surface area contributed by atoms with Gasteiger partial charge in [0.2, 0.25) is 0 Å². The summed E-state index contributed by atoms with van der Waals surface area (Å²) in [4.78, 5) is 17.2. The van der Waals surface area contributed by atoms with E-state index in [0.717, 1.165) is 12.8 Å². The van der Waals surface area contributed by atoms with E-state index in [0.29, 0.717) is 27.5 Å². The highest BCUT2D eigenvalue weighted by atomic mass is 35.5. The molecule has 0 radical (unpaired) electrons. The maximum absolute atomic E-state index is 13.8. The summed E-state index contributed by atoms with van der Waals surface area (Å²) in [6.45, 7) is 0. The Kier molecular flexibility index (Phi) is 6.79. The normalized spacial score (nSPS) is 24.1. The first-order valence-electron chi connectivity index (χ1n) is 7.96. The molecule has 25 heavy (non-hydrogen) atoms. The van der Waals surface area contributed by atoms with Crippen LogP contribution in [-0.4, -0.2) is 29.0 Å². The fourth-order valence-corrected chi connectivity index (χ4v) is 4.42. The van der Waals surface area contributed by atoms with Crippen LogP contribution in [0.2, 0.25) is 0 Å². The minimum atomic E-state index is -0.316. The summed E-state index contributed by atoms with van der Waals surface area (Å²) in [5.41, 5.74) is 0.441. The maximum atomic E-state index is 13.8. The number of carbonyl (C=O) groups excluding carboxylic acids is 1. The first-order valence-corrected chi connectivity index (χ1v) is 8.78. The van der Waals surface area contributed by atoms with Crippen LogP contribution in [-0.2, 0) is 0 Å². The van der Waals surface area contributed by atoms with Gasteiger partial charge in [0.25, 0.3) is 5.91 Å². The quantitative estimate of drug-likeness (QED) is 0.818. The van der Waals surface area contributed by atoms with E-state index in [4.69, 9.17) is 0 Å². The molecule has 0 spiro atoms. The highest BCUT2D eigenvalue weighted by molar-refractivity contribution is 7.16. The minimum Gasteiger partial charge on any atom is -0.348 e. The van der Waals surface area contributed by atoms with E-state index in [-0.39, 0.29) is 42.6 Å². The molecule has 4 rings (SSSR count). The number of amides is 1. The molecule has 2 aliphatic heterocycles. The Morgan fingerprint density at radius 1 is 1.20 bits per heavy atom. The molecule has 1 amide bonds. The van der Waals surface area contributed by atoms with Gasteiger partial charge in [-0.15, -0.1) is 36.2 Å². The van der Waals surface area contributed by atoms with Gasteiger partial charge in [-0.25, -0.2) is 9.37 Å². The van der Waals surface area contributed by atoms with Gasteiger partial charge in [0.05, 0.1) is 6.20 Å². The van der Waals surface area contributed by atoms with Crippen LogP contribution in [0.3, 0.4) is 0 Å². The van der Waals surface area contributed by atoms with Crippen molar-refractivity contribution in [2.75, 3.05) is 0 Å². The van der Waals surface area contributed by atoms with Crippen molar-refractivity contribution in [3.63, 3.8) is 0 Å². The lowest BCUT2D eigenvalue weighted by Gasteiger charge is -2.29. The molecule has 1 aromatic heterocycles. The number of aromatic nitrogens is 1. The Morgan fingerprint density at radius 3 is 2.56 bits per heavy atom. The van der Waals surface area contributed by atoms with Crippen molar-refractivity contribution in [1.29, 1.82) is 0 Å². The zero-order chi connectivity index (χ0) is 15.8. The van der Waals surface area contributed by atoms with E-state index in [2.05, 4.69) is 15.6 Å². The molecule has 136 valence electrons. The van der Waals surface area contributed by atoms with Crippen molar-refractivity contribution >= 4 is 42.1 Å². The second kappa shape index (κ2) is 8.45. The molecule has 2 unspecified atom stereocenters. The van der Waals surface area contributed by atoms with Crippen molar-refractivity contribution in [3.05, 3.63) is 41.2 Å². The average molecular weight is 404 g/mol. The van der Waals surface area contributed by atoms with Crippen molar-refractivity contribution < 1.29 is 9.18 Å². The SMILES string of the molecule is Cl.Cl.O=C(NC1CC2CCC(C1)N2)c1cnc(-c2ccccc2F)s1. The monoisotopic (exact) mass is 403 g/mol. The third-order valence-electron chi connectivity index (χ3n) is 4.64. The van der Waals surface area contributed by atoms with Gasteiger partial charge in [-0.05, 0) is 37.8 Å². The molecular formula is C17H20Cl2FN3OS. The van der Waals surface area contributed by atoms with E-state index in [9.17, 15) is 9.18 Å². The van der Waals surface area contributed by atoms with Gasteiger partial charge in [0, 0.05) is 23.7 Å². The minimum absolute atomic E-state index is 0. The largest absolute Gasteiger partial charge is 0.348 e. The molecule has 2 N–H and O–H groups in total. The Hall–Kier alpha value is -1.21. The van der Waals surface area contributed by atoms with Crippen molar-refractivity contribution in [2.24, 2.45) is 0 Å². The predicted molar refractivity (Wildman–Crippen MR) is 102 cm³/mol. The molecule has 4 nitrogen and oxygen atoms in total. The predicted octanol–water partition coefficient (Wildman–Crippen LogP) is 3.81. The molecule has 2 bridgehead atoms. The van der Waals surface area contributed by atoms with Crippen molar-refractivity contribution in [1.82, 2.24) is 15.6 Å². The van der Waals surface area contributed by atoms with Gasteiger partial charge in [-0.1, -0.05) is 12.1 Å². The van der Waals surface area contributed by atoms with E-state index < -0.39 is 0 Å². The molecule has 2 aliphatic rings. The van der Waals surface area contributed by atoms with Gasteiger partial charge in [-0.3, -0.25) is 4.79 Å². The third-order valence-corrected chi connectivity index (χ3v) is 5.67. The van der Waals surface area contributed by atoms with Crippen molar-refractivity contribution in [3.8, 4) is 10.6 Å². The molecule has 2 aromatic rings. The van der Waals surface area contributed by atoms with E-state index in [1.165, 1.54) is 36.4 Å². The smallest absolute Gasteiger partial charge is 0.263 e. The van der Waals surface area contributed by atoms with Gasteiger partial charge >= 0.3 is 0 Å². The number of hydrogen-bond donors (Lipinski definition) is 2. The third kappa shape index (κ3) is 4.31. The second-order valence-electron chi connectivity index (χ2n) is 6.29. The number of benzene rings is 1. The Bertz CT molecular complexity index is 730. The Morgan fingerprint density at radius 2 is 1.88 bits per heavy atom. The lowest BCUT2D eigenvalue weighted by atomic mass is 10.00. The van der Waals surface area contributed by atoms with Crippen LogP contribution < -0.4 is 10.6 Å². The lowest BCUT2D eigenvalue weighted by molar-refractivity contribution is 0.0928. The summed E-state index contributed by atoms with van der Waals surface area (Å²) in [5.74, 6) is -0.417. The number of nitrogens with one attached hydrogen (secondary N) is 2. The number of piperidine rings is 1. The summed E-state index contributed by atoms with van der Waals surface area (Å²) in [6, 6.07) is 7.79. The first kappa shape index (κ1) is 20.1. The van der Waals surface area contributed by atoms with Gasteiger partial charge < -0.3 is 10.6 Å². The van der Waals surface area contributed by atoms with Crippen LogP contribution in [0.5, 0.6) is 0 Å². The molecule has 2 saturated heterocycles. The number of carbonyl (C=O) groups is 1. The number of halogens is 3. The molecule has 0 aliphatic carbocycles. The summed E-state index contributed by atoms with van der Waals surface area (Å²) in [6.07, 6.45) is 5.92. The zero-order valence-corrected chi connectivity index (χ0v) is 15.9. The zero-order valence-electron chi connectivity index (χ0n) is 13.4. The fraction of sp³-hybridized carbons (Fsp3) is 0.412. The van der Waals surface area contributed by atoms with Crippen LogP contribution in [0.15, 0.2) is 30.5 Å². The second-order valence-corrected chi connectivity index (χ2v) is 7.32. The number of thiazole rings is 1. The van der Waals surface area contributed by atoms with E-state index in [1.54, 1.807) is 18.2 Å². The van der Waals surface area contributed by atoms with Crippen LogP contribution in [0, 0.1) is 5.82 Å². The van der Waals surface area contributed by atoms with Crippen LogP contribution in [0.4, 0.5) is 4.39 Å². The van der Waals surface area contributed by atoms with Crippen molar-refractivity contribution in [2.45, 2.75) is 43.8 Å². The highest BCUT2D eigenvalue weighted by Gasteiger charge is 2.34. The van der Waals surface area contributed by atoms with E-state index >= 15 is 0 Å². The molecule has 0 saturated carbocycles. The first-order chi connectivity index (χ1) is 11.2. The van der Waals surface area contributed by atoms with Gasteiger partial charge in [0.1, 0.15) is 15.7 Å². The summed E-state index contributed by atoms with van der Waals surface area (Å²) in [7, 11) is 0. The Labute approximate surface area is 162 Å². The highest BCUT2D eigenvalue weighted by Crippen LogP contribution is 2.29.